The van der Waals surface area contributed by atoms with E-state index in [9.17, 15) is 4.79 Å². The first-order valence-corrected chi connectivity index (χ1v) is 4.70. The molecule has 81 valence electrons. The Balaban J connectivity index is 2.54. The molecular formula is C10H14N3O2. The van der Waals surface area contributed by atoms with Gasteiger partial charge in [0, 0.05) is 7.05 Å². The van der Waals surface area contributed by atoms with Crippen molar-refractivity contribution in [2.45, 2.75) is 13.8 Å². The third-order valence-electron chi connectivity index (χ3n) is 1.67. The van der Waals surface area contributed by atoms with Crippen LogP contribution in [-0.2, 0) is 4.74 Å². The molecule has 1 rings (SSSR count). The summed E-state index contributed by atoms with van der Waals surface area (Å²) >= 11 is 0. The number of anilines is 1. The zero-order valence-electron chi connectivity index (χ0n) is 9.10. The Hall–Kier alpha value is -1.65. The number of hydrogen-bond donors (Lipinski definition) is 0. The Morgan fingerprint density at radius 3 is 2.93 bits per heavy atom. The molecule has 0 saturated carbocycles. The van der Waals surface area contributed by atoms with Gasteiger partial charge in [0.25, 0.3) is 0 Å². The largest absolute Gasteiger partial charge is 0.449 e. The number of carbonyl (C=O) groups excluding carboxylic acids is 1. The maximum absolute atomic E-state index is 11.5. The molecule has 0 spiro atoms. The van der Waals surface area contributed by atoms with Crippen LogP contribution in [0.4, 0.5) is 10.6 Å². The SMILES string of the molecule is CC(C)COC(=O)N(C)c1cn[c]cn1. The zero-order valence-corrected chi connectivity index (χ0v) is 9.10. The Kier molecular flexibility index (Phi) is 4.03. The molecule has 1 radical (unpaired) electrons. The first-order valence-electron chi connectivity index (χ1n) is 4.70. The molecule has 1 amide bonds. The van der Waals surface area contributed by atoms with Gasteiger partial charge in [0.15, 0.2) is 5.82 Å². The number of carbonyl (C=O) groups is 1. The van der Waals surface area contributed by atoms with Crippen LogP contribution in [0.3, 0.4) is 0 Å². The van der Waals surface area contributed by atoms with Crippen molar-refractivity contribution in [1.82, 2.24) is 9.97 Å². The lowest BCUT2D eigenvalue weighted by Crippen LogP contribution is -2.29. The summed E-state index contributed by atoms with van der Waals surface area (Å²) in [5.41, 5.74) is 0. The van der Waals surface area contributed by atoms with Gasteiger partial charge in [-0.05, 0) is 5.92 Å². The monoisotopic (exact) mass is 208 g/mol. The Bertz CT molecular complexity index is 314. The average Bonchev–Trinajstić information content (AvgIpc) is 2.26. The Morgan fingerprint density at radius 1 is 1.67 bits per heavy atom. The van der Waals surface area contributed by atoms with E-state index in [0.717, 1.165) is 0 Å². The van der Waals surface area contributed by atoms with Gasteiger partial charge in [0.05, 0.1) is 19.0 Å². The lowest BCUT2D eigenvalue weighted by molar-refractivity contribution is 0.141. The smallest absolute Gasteiger partial charge is 0.415 e. The van der Waals surface area contributed by atoms with Crippen molar-refractivity contribution in [2.75, 3.05) is 18.6 Å². The summed E-state index contributed by atoms with van der Waals surface area (Å²) < 4.78 is 5.03. The average molecular weight is 208 g/mol. The highest BCUT2D eigenvalue weighted by atomic mass is 16.6. The van der Waals surface area contributed by atoms with Crippen molar-refractivity contribution in [3.8, 4) is 0 Å². The van der Waals surface area contributed by atoms with Gasteiger partial charge in [0.1, 0.15) is 6.20 Å². The fourth-order valence-electron chi connectivity index (χ4n) is 0.858. The number of amides is 1. The van der Waals surface area contributed by atoms with Gasteiger partial charge >= 0.3 is 6.09 Å². The molecule has 0 aliphatic carbocycles. The van der Waals surface area contributed by atoms with Crippen LogP contribution >= 0.6 is 0 Å². The normalized spacial score (nSPS) is 10.1. The second kappa shape index (κ2) is 5.29. The number of hydrogen-bond acceptors (Lipinski definition) is 4. The number of rotatable bonds is 3. The summed E-state index contributed by atoms with van der Waals surface area (Å²) in [5, 5.41) is 0. The maximum Gasteiger partial charge on any atom is 0.415 e. The predicted octanol–water partition coefficient (Wildman–Crippen LogP) is 1.51. The Labute approximate surface area is 89.1 Å². The molecule has 0 atom stereocenters. The van der Waals surface area contributed by atoms with E-state index in [1.54, 1.807) is 7.05 Å². The first-order chi connectivity index (χ1) is 7.11. The third-order valence-corrected chi connectivity index (χ3v) is 1.67. The van der Waals surface area contributed by atoms with Crippen molar-refractivity contribution in [3.05, 3.63) is 18.6 Å². The van der Waals surface area contributed by atoms with E-state index in [-0.39, 0.29) is 0 Å². The van der Waals surface area contributed by atoms with E-state index < -0.39 is 6.09 Å². The van der Waals surface area contributed by atoms with E-state index in [0.29, 0.717) is 18.3 Å². The molecule has 0 N–H and O–H groups in total. The van der Waals surface area contributed by atoms with Crippen molar-refractivity contribution in [2.24, 2.45) is 5.92 Å². The number of aromatic nitrogens is 2. The van der Waals surface area contributed by atoms with Gasteiger partial charge < -0.3 is 4.74 Å². The molecule has 15 heavy (non-hydrogen) atoms. The second-order valence-electron chi connectivity index (χ2n) is 3.53. The van der Waals surface area contributed by atoms with E-state index in [1.165, 1.54) is 17.3 Å². The van der Waals surface area contributed by atoms with Gasteiger partial charge in [-0.1, -0.05) is 13.8 Å². The predicted molar refractivity (Wildman–Crippen MR) is 55.5 cm³/mol. The van der Waals surface area contributed by atoms with Crippen LogP contribution < -0.4 is 4.90 Å². The van der Waals surface area contributed by atoms with Gasteiger partial charge in [-0.15, -0.1) is 0 Å². The summed E-state index contributed by atoms with van der Waals surface area (Å²) in [5.74, 6) is 0.764. The molecule has 5 heteroatoms. The van der Waals surface area contributed by atoms with Crippen LogP contribution in [-0.4, -0.2) is 29.7 Å². The fourth-order valence-corrected chi connectivity index (χ4v) is 0.858. The molecule has 0 saturated heterocycles. The van der Waals surface area contributed by atoms with Crippen LogP contribution in [0, 0.1) is 12.1 Å². The molecule has 1 heterocycles. The fraction of sp³-hybridized carbons (Fsp3) is 0.500. The van der Waals surface area contributed by atoms with E-state index in [2.05, 4.69) is 16.2 Å². The molecule has 0 fully saturated rings. The van der Waals surface area contributed by atoms with Crippen molar-refractivity contribution in [3.63, 3.8) is 0 Å². The van der Waals surface area contributed by atoms with Crippen LogP contribution in [0.5, 0.6) is 0 Å². The minimum Gasteiger partial charge on any atom is -0.449 e. The van der Waals surface area contributed by atoms with Crippen LogP contribution in [0.15, 0.2) is 12.4 Å². The standard InChI is InChI=1S/C10H14N3O2/c1-8(2)7-15-10(14)13(3)9-6-11-4-5-12-9/h5-6,8H,7H2,1-3H3. The van der Waals surface area contributed by atoms with Crippen molar-refractivity contribution >= 4 is 11.9 Å². The van der Waals surface area contributed by atoms with Gasteiger partial charge in [-0.25, -0.2) is 14.8 Å². The van der Waals surface area contributed by atoms with Gasteiger partial charge in [-0.2, -0.15) is 0 Å². The molecule has 1 aromatic heterocycles. The summed E-state index contributed by atoms with van der Waals surface area (Å²) in [6.07, 6.45) is 4.97. The lowest BCUT2D eigenvalue weighted by atomic mass is 10.2. The highest BCUT2D eigenvalue weighted by molar-refractivity contribution is 5.85. The van der Waals surface area contributed by atoms with Crippen molar-refractivity contribution < 1.29 is 9.53 Å². The first kappa shape index (κ1) is 11.4. The molecule has 1 aromatic rings. The number of nitrogens with zero attached hydrogens (tertiary/aromatic N) is 3. The summed E-state index contributed by atoms with van der Waals surface area (Å²) in [7, 11) is 1.59. The van der Waals surface area contributed by atoms with Gasteiger partial charge in [0.2, 0.25) is 0 Å². The molecular weight excluding hydrogens is 194 g/mol. The molecule has 0 aliphatic heterocycles. The molecule has 0 aromatic carbocycles. The minimum atomic E-state index is -0.427. The van der Waals surface area contributed by atoms with E-state index >= 15 is 0 Å². The summed E-state index contributed by atoms with van der Waals surface area (Å²) in [4.78, 5) is 20.5. The minimum absolute atomic E-state index is 0.317. The van der Waals surface area contributed by atoms with E-state index in [1.807, 2.05) is 13.8 Å². The third kappa shape index (κ3) is 3.53. The topological polar surface area (TPSA) is 55.3 Å². The lowest BCUT2D eigenvalue weighted by Gasteiger charge is -2.16. The Morgan fingerprint density at radius 2 is 2.40 bits per heavy atom. The van der Waals surface area contributed by atoms with Crippen LogP contribution in [0.25, 0.3) is 0 Å². The second-order valence-corrected chi connectivity index (χ2v) is 3.53. The van der Waals surface area contributed by atoms with Crippen molar-refractivity contribution in [1.29, 1.82) is 0 Å². The summed E-state index contributed by atoms with van der Waals surface area (Å²) in [6.45, 7) is 4.35. The molecule has 5 nitrogen and oxygen atoms in total. The van der Waals surface area contributed by atoms with Gasteiger partial charge in [-0.3, -0.25) is 4.90 Å². The molecule has 0 aliphatic rings. The maximum atomic E-state index is 11.5. The molecule has 0 unspecified atom stereocenters. The number of ether oxygens (including phenoxy) is 1. The molecule has 0 bridgehead atoms. The van der Waals surface area contributed by atoms with Crippen LogP contribution in [0.2, 0.25) is 0 Å². The highest BCUT2D eigenvalue weighted by Gasteiger charge is 2.13. The highest BCUT2D eigenvalue weighted by Crippen LogP contribution is 2.06. The zero-order chi connectivity index (χ0) is 11.3. The van der Waals surface area contributed by atoms with Crippen LogP contribution in [0.1, 0.15) is 13.8 Å². The summed E-state index contributed by atoms with van der Waals surface area (Å²) in [6, 6.07) is 0. The van der Waals surface area contributed by atoms with E-state index in [4.69, 9.17) is 4.74 Å². The quantitative estimate of drug-likeness (QED) is 0.755.